The molecule has 0 atom stereocenters. The highest BCUT2D eigenvalue weighted by Crippen LogP contribution is 2.46. The predicted octanol–water partition coefficient (Wildman–Crippen LogP) is 3.41. The third-order valence-corrected chi connectivity index (χ3v) is 5.12. The molecule has 7 heteroatoms. The van der Waals surface area contributed by atoms with E-state index in [2.05, 4.69) is 0 Å². The fraction of sp³-hybridized carbons (Fsp3) is 0.647. The SMILES string of the molecule is COC(=O)c1sc(C2CC2)cc1OC1CN(C(=O)OC(C)(C)C)C1. The average molecular weight is 353 g/mol. The summed E-state index contributed by atoms with van der Waals surface area (Å²) in [5.41, 5.74) is -0.506. The van der Waals surface area contributed by atoms with Crippen LogP contribution in [0.2, 0.25) is 0 Å². The van der Waals surface area contributed by atoms with Gasteiger partial charge in [0.15, 0.2) is 4.88 Å². The first-order valence-electron chi connectivity index (χ1n) is 8.13. The van der Waals surface area contributed by atoms with E-state index in [0.717, 1.165) is 12.8 Å². The van der Waals surface area contributed by atoms with Crippen molar-refractivity contribution in [2.45, 2.75) is 51.2 Å². The van der Waals surface area contributed by atoms with Gasteiger partial charge in [-0.25, -0.2) is 9.59 Å². The fourth-order valence-electron chi connectivity index (χ4n) is 2.45. The number of nitrogens with zero attached hydrogens (tertiary/aromatic N) is 1. The molecule has 1 saturated heterocycles. The van der Waals surface area contributed by atoms with E-state index >= 15 is 0 Å². The normalized spacial score (nSPS) is 18.1. The summed E-state index contributed by atoms with van der Waals surface area (Å²) in [5.74, 6) is 0.753. The molecule has 1 aliphatic carbocycles. The van der Waals surface area contributed by atoms with Gasteiger partial charge in [-0.15, -0.1) is 11.3 Å². The topological polar surface area (TPSA) is 65.1 Å². The van der Waals surface area contributed by atoms with Gasteiger partial charge in [0.25, 0.3) is 0 Å². The van der Waals surface area contributed by atoms with Gasteiger partial charge in [0, 0.05) is 4.88 Å². The number of likely N-dealkylation sites (tertiary alicyclic amines) is 1. The lowest BCUT2D eigenvalue weighted by molar-refractivity contribution is -0.0223. The monoisotopic (exact) mass is 353 g/mol. The van der Waals surface area contributed by atoms with Crippen LogP contribution in [0.5, 0.6) is 5.75 Å². The molecule has 0 spiro atoms. The molecular formula is C17H23NO5S. The number of methoxy groups -OCH3 is 1. The molecule has 3 rings (SSSR count). The molecule has 1 amide bonds. The molecule has 1 aromatic heterocycles. The van der Waals surface area contributed by atoms with Crippen LogP contribution in [0.15, 0.2) is 6.07 Å². The number of hydrogen-bond acceptors (Lipinski definition) is 6. The Morgan fingerprint density at radius 3 is 2.46 bits per heavy atom. The maximum Gasteiger partial charge on any atom is 0.410 e. The summed E-state index contributed by atoms with van der Waals surface area (Å²) >= 11 is 1.45. The lowest BCUT2D eigenvalue weighted by Crippen LogP contribution is -2.57. The van der Waals surface area contributed by atoms with Gasteiger partial charge >= 0.3 is 12.1 Å². The summed E-state index contributed by atoms with van der Waals surface area (Å²) in [6, 6.07) is 1.95. The average Bonchev–Trinajstić information content (AvgIpc) is 3.20. The van der Waals surface area contributed by atoms with Crippen LogP contribution in [0.1, 0.15) is 54.1 Å². The van der Waals surface area contributed by atoms with Gasteiger partial charge in [0.1, 0.15) is 17.5 Å². The van der Waals surface area contributed by atoms with Crippen LogP contribution >= 0.6 is 11.3 Å². The van der Waals surface area contributed by atoms with E-state index in [4.69, 9.17) is 14.2 Å². The molecule has 0 radical (unpaired) electrons. The van der Waals surface area contributed by atoms with Gasteiger partial charge < -0.3 is 19.1 Å². The van der Waals surface area contributed by atoms with E-state index in [1.807, 2.05) is 26.8 Å². The Bertz CT molecular complexity index is 638. The van der Waals surface area contributed by atoms with E-state index in [0.29, 0.717) is 29.6 Å². The number of carbonyl (C=O) groups excluding carboxylic acids is 2. The smallest absolute Gasteiger partial charge is 0.410 e. The third-order valence-electron chi connectivity index (χ3n) is 3.86. The molecule has 1 aromatic rings. The second kappa shape index (κ2) is 6.27. The van der Waals surface area contributed by atoms with E-state index in [-0.39, 0.29) is 18.2 Å². The van der Waals surface area contributed by atoms with Gasteiger partial charge in [-0.2, -0.15) is 0 Å². The van der Waals surface area contributed by atoms with Crippen LogP contribution in [0.4, 0.5) is 4.79 Å². The minimum absolute atomic E-state index is 0.123. The van der Waals surface area contributed by atoms with Crippen molar-refractivity contribution in [1.82, 2.24) is 4.90 Å². The second-order valence-electron chi connectivity index (χ2n) is 7.23. The van der Waals surface area contributed by atoms with Crippen molar-refractivity contribution in [3.63, 3.8) is 0 Å². The zero-order chi connectivity index (χ0) is 17.5. The van der Waals surface area contributed by atoms with Crippen molar-refractivity contribution in [2.24, 2.45) is 0 Å². The predicted molar refractivity (Wildman–Crippen MR) is 89.9 cm³/mol. The number of carbonyl (C=O) groups is 2. The van der Waals surface area contributed by atoms with Crippen molar-refractivity contribution in [3.8, 4) is 5.75 Å². The van der Waals surface area contributed by atoms with Crippen LogP contribution in [-0.4, -0.2) is 48.9 Å². The molecule has 6 nitrogen and oxygen atoms in total. The van der Waals surface area contributed by atoms with Crippen molar-refractivity contribution >= 4 is 23.4 Å². The summed E-state index contributed by atoms with van der Waals surface area (Å²) in [6.45, 7) is 6.44. The van der Waals surface area contributed by atoms with Gasteiger partial charge in [-0.3, -0.25) is 0 Å². The van der Waals surface area contributed by atoms with Crippen LogP contribution in [0.25, 0.3) is 0 Å². The molecular weight excluding hydrogens is 330 g/mol. The van der Waals surface area contributed by atoms with Crippen LogP contribution in [0, 0.1) is 0 Å². The Hall–Kier alpha value is -1.76. The van der Waals surface area contributed by atoms with Gasteiger partial charge in [-0.1, -0.05) is 0 Å². The van der Waals surface area contributed by atoms with E-state index < -0.39 is 5.60 Å². The number of amides is 1. The largest absolute Gasteiger partial charge is 0.485 e. The molecule has 2 heterocycles. The maximum atomic E-state index is 11.9. The molecule has 1 saturated carbocycles. The molecule has 0 aromatic carbocycles. The first kappa shape index (κ1) is 17.1. The minimum atomic E-state index is -0.506. The highest BCUT2D eigenvalue weighted by molar-refractivity contribution is 7.14. The first-order valence-corrected chi connectivity index (χ1v) is 8.95. The van der Waals surface area contributed by atoms with Gasteiger partial charge in [-0.05, 0) is 45.6 Å². The molecule has 24 heavy (non-hydrogen) atoms. The van der Waals surface area contributed by atoms with Gasteiger partial charge in [0.2, 0.25) is 0 Å². The van der Waals surface area contributed by atoms with E-state index in [1.165, 1.54) is 23.3 Å². The Balaban J connectivity index is 1.59. The second-order valence-corrected chi connectivity index (χ2v) is 8.32. The number of thiophene rings is 1. The van der Waals surface area contributed by atoms with Crippen LogP contribution in [0.3, 0.4) is 0 Å². The summed E-state index contributed by atoms with van der Waals surface area (Å²) in [7, 11) is 1.37. The molecule has 0 N–H and O–H groups in total. The standard InChI is InChI=1S/C17H23NO5S/c1-17(2,3)23-16(20)18-8-11(9-18)22-12-7-13(10-5-6-10)24-14(12)15(19)21-4/h7,10-11H,5-6,8-9H2,1-4H3. The highest BCUT2D eigenvalue weighted by atomic mass is 32.1. The zero-order valence-corrected chi connectivity index (χ0v) is 15.3. The molecule has 132 valence electrons. The first-order chi connectivity index (χ1) is 11.3. The van der Waals surface area contributed by atoms with Crippen LogP contribution in [-0.2, 0) is 9.47 Å². The number of rotatable bonds is 4. The lowest BCUT2D eigenvalue weighted by Gasteiger charge is -2.39. The molecule has 2 fully saturated rings. The van der Waals surface area contributed by atoms with E-state index in [9.17, 15) is 9.59 Å². The number of ether oxygens (including phenoxy) is 3. The minimum Gasteiger partial charge on any atom is -0.485 e. The van der Waals surface area contributed by atoms with Crippen LogP contribution < -0.4 is 4.74 Å². The lowest BCUT2D eigenvalue weighted by atomic mass is 10.1. The summed E-state index contributed by atoms with van der Waals surface area (Å²) in [4.78, 5) is 27.2. The van der Waals surface area contributed by atoms with Crippen molar-refractivity contribution in [3.05, 3.63) is 15.8 Å². The van der Waals surface area contributed by atoms with Crippen molar-refractivity contribution < 1.29 is 23.8 Å². The van der Waals surface area contributed by atoms with Crippen molar-refractivity contribution in [1.29, 1.82) is 0 Å². The Labute approximate surface area is 145 Å². The fourth-order valence-corrected chi connectivity index (χ4v) is 3.63. The molecule has 0 unspecified atom stereocenters. The summed E-state index contributed by atoms with van der Waals surface area (Å²) < 4.78 is 16.1. The van der Waals surface area contributed by atoms with E-state index in [1.54, 1.807) is 4.90 Å². The third kappa shape index (κ3) is 3.83. The Morgan fingerprint density at radius 2 is 1.92 bits per heavy atom. The van der Waals surface area contributed by atoms with Crippen molar-refractivity contribution in [2.75, 3.05) is 20.2 Å². The molecule has 1 aliphatic heterocycles. The maximum absolute atomic E-state index is 11.9. The number of hydrogen-bond donors (Lipinski definition) is 0. The Kier molecular flexibility index (Phi) is 4.46. The quantitative estimate of drug-likeness (QED) is 0.776. The van der Waals surface area contributed by atoms with Gasteiger partial charge in [0.05, 0.1) is 20.2 Å². The Morgan fingerprint density at radius 1 is 1.25 bits per heavy atom. The molecule has 2 aliphatic rings. The number of esters is 1. The summed E-state index contributed by atoms with van der Waals surface area (Å²) in [6.07, 6.45) is 1.87. The highest BCUT2D eigenvalue weighted by Gasteiger charge is 2.37. The molecule has 0 bridgehead atoms. The summed E-state index contributed by atoms with van der Waals surface area (Å²) in [5, 5.41) is 0. The zero-order valence-electron chi connectivity index (χ0n) is 14.5.